The predicted octanol–water partition coefficient (Wildman–Crippen LogP) is 3.91. The molecule has 0 radical (unpaired) electrons. The van der Waals surface area contributed by atoms with Gasteiger partial charge in [-0.25, -0.2) is 4.39 Å². The fourth-order valence-electron chi connectivity index (χ4n) is 1.78. The molecule has 2 rings (SSSR count). The van der Waals surface area contributed by atoms with Crippen LogP contribution in [0.4, 0.5) is 4.39 Å². The largest absolute Gasteiger partial charge is 0.492 e. The molecule has 0 bridgehead atoms. The Labute approximate surface area is 144 Å². The number of hydrogen-bond acceptors (Lipinski definition) is 3. The summed E-state index contributed by atoms with van der Waals surface area (Å²) < 4.78 is 18.2. The molecule has 0 aliphatic carbocycles. The van der Waals surface area contributed by atoms with Gasteiger partial charge in [0, 0.05) is 10.8 Å². The molecule has 1 amide bonds. The Morgan fingerprint density at radius 2 is 1.83 bits per heavy atom. The van der Waals surface area contributed by atoms with Crippen molar-refractivity contribution < 1.29 is 13.9 Å². The summed E-state index contributed by atoms with van der Waals surface area (Å²) in [6.45, 7) is 0.842. The lowest BCUT2D eigenvalue weighted by Gasteiger charge is -2.08. The van der Waals surface area contributed by atoms with Gasteiger partial charge in [-0.05, 0) is 42.0 Å². The summed E-state index contributed by atoms with van der Waals surface area (Å²) in [6, 6.07) is 13.4. The molecule has 2 aromatic carbocycles. The molecular formula is C17H17ClFNO2S. The average Bonchev–Trinajstić information content (AvgIpc) is 2.55. The molecule has 0 unspecified atom stereocenters. The van der Waals surface area contributed by atoms with E-state index in [0.29, 0.717) is 35.4 Å². The van der Waals surface area contributed by atoms with Crippen LogP contribution >= 0.6 is 23.4 Å². The van der Waals surface area contributed by atoms with Gasteiger partial charge < -0.3 is 10.1 Å². The minimum atomic E-state index is -0.253. The third-order valence-corrected chi connectivity index (χ3v) is 4.18. The minimum absolute atomic E-state index is 0.0446. The van der Waals surface area contributed by atoms with E-state index in [-0.39, 0.29) is 11.7 Å². The number of hydrogen-bond donors (Lipinski definition) is 1. The summed E-state index contributed by atoms with van der Waals surface area (Å²) in [7, 11) is 0. The zero-order valence-electron chi connectivity index (χ0n) is 12.4. The van der Waals surface area contributed by atoms with Crippen molar-refractivity contribution >= 4 is 29.3 Å². The van der Waals surface area contributed by atoms with Crippen molar-refractivity contribution in [1.29, 1.82) is 0 Å². The number of rotatable bonds is 8. The Bertz CT molecular complexity index is 619. The Hall–Kier alpha value is -1.72. The molecule has 122 valence electrons. The van der Waals surface area contributed by atoms with E-state index in [1.165, 1.54) is 23.9 Å². The van der Waals surface area contributed by atoms with Crippen LogP contribution in [0.1, 0.15) is 5.56 Å². The molecule has 0 aliphatic rings. The lowest BCUT2D eigenvalue weighted by atomic mass is 10.2. The summed E-state index contributed by atoms with van der Waals surface area (Å²) in [4.78, 5) is 11.7. The van der Waals surface area contributed by atoms with E-state index in [1.807, 2.05) is 0 Å². The number of carbonyl (C=O) groups excluding carboxylic acids is 1. The second-order valence-corrected chi connectivity index (χ2v) is 6.19. The van der Waals surface area contributed by atoms with E-state index in [2.05, 4.69) is 5.32 Å². The molecule has 23 heavy (non-hydrogen) atoms. The van der Waals surface area contributed by atoms with Crippen molar-refractivity contribution in [1.82, 2.24) is 5.32 Å². The first-order valence-corrected chi connectivity index (χ1v) is 8.64. The highest BCUT2D eigenvalue weighted by Crippen LogP contribution is 2.15. The van der Waals surface area contributed by atoms with Crippen LogP contribution in [-0.2, 0) is 10.5 Å². The Morgan fingerprint density at radius 1 is 1.13 bits per heavy atom. The molecule has 0 spiro atoms. The van der Waals surface area contributed by atoms with Gasteiger partial charge in [-0.15, -0.1) is 11.8 Å². The molecule has 0 saturated carbocycles. The number of amides is 1. The molecule has 1 N–H and O–H groups in total. The van der Waals surface area contributed by atoms with Crippen LogP contribution in [0.3, 0.4) is 0 Å². The van der Waals surface area contributed by atoms with Crippen molar-refractivity contribution in [2.45, 2.75) is 5.75 Å². The van der Waals surface area contributed by atoms with Gasteiger partial charge >= 0.3 is 0 Å². The maximum Gasteiger partial charge on any atom is 0.230 e. The molecule has 0 aromatic heterocycles. The Balaban J connectivity index is 1.56. The zero-order chi connectivity index (χ0) is 16.5. The smallest absolute Gasteiger partial charge is 0.230 e. The number of benzene rings is 2. The second-order valence-electron chi connectivity index (χ2n) is 4.77. The van der Waals surface area contributed by atoms with Crippen molar-refractivity contribution in [2.24, 2.45) is 0 Å². The standard InChI is InChI=1S/C17H17ClFNO2S/c18-14-3-7-16(8-4-14)22-10-9-20-17(21)12-23-11-13-1-5-15(19)6-2-13/h1-8H,9-12H2,(H,20,21). The third kappa shape index (κ3) is 6.93. The van der Waals surface area contributed by atoms with Gasteiger partial charge in [0.25, 0.3) is 0 Å². The number of nitrogens with one attached hydrogen (secondary N) is 1. The summed E-state index contributed by atoms with van der Waals surface area (Å²) in [5.41, 5.74) is 0.996. The zero-order valence-corrected chi connectivity index (χ0v) is 14.0. The van der Waals surface area contributed by atoms with Crippen LogP contribution in [0.5, 0.6) is 5.75 Å². The van der Waals surface area contributed by atoms with Crippen LogP contribution in [0.25, 0.3) is 0 Å². The van der Waals surface area contributed by atoms with Crippen molar-refractivity contribution in [2.75, 3.05) is 18.9 Å². The number of thioether (sulfide) groups is 1. The molecule has 0 saturated heterocycles. The van der Waals surface area contributed by atoms with E-state index >= 15 is 0 Å². The number of ether oxygens (including phenoxy) is 1. The third-order valence-electron chi connectivity index (χ3n) is 2.92. The first-order chi connectivity index (χ1) is 11.1. The van der Waals surface area contributed by atoms with Crippen LogP contribution in [-0.4, -0.2) is 24.8 Å². The predicted molar refractivity (Wildman–Crippen MR) is 92.5 cm³/mol. The van der Waals surface area contributed by atoms with Crippen LogP contribution in [0.15, 0.2) is 48.5 Å². The van der Waals surface area contributed by atoms with E-state index in [4.69, 9.17) is 16.3 Å². The number of carbonyl (C=O) groups is 1. The SMILES string of the molecule is O=C(CSCc1ccc(F)cc1)NCCOc1ccc(Cl)cc1. The van der Waals surface area contributed by atoms with E-state index in [9.17, 15) is 9.18 Å². The molecule has 2 aromatic rings. The molecule has 0 heterocycles. The molecule has 0 fully saturated rings. The van der Waals surface area contributed by atoms with Gasteiger partial charge in [-0.1, -0.05) is 23.7 Å². The van der Waals surface area contributed by atoms with Crippen LogP contribution in [0.2, 0.25) is 5.02 Å². The van der Waals surface area contributed by atoms with Gasteiger partial charge in [0.15, 0.2) is 0 Å². The van der Waals surface area contributed by atoms with Gasteiger partial charge in [0.2, 0.25) is 5.91 Å². The summed E-state index contributed by atoms with van der Waals surface area (Å²) in [5, 5.41) is 3.45. The monoisotopic (exact) mass is 353 g/mol. The van der Waals surface area contributed by atoms with E-state index in [1.54, 1.807) is 36.4 Å². The van der Waals surface area contributed by atoms with E-state index in [0.717, 1.165) is 5.56 Å². The van der Waals surface area contributed by atoms with Crippen molar-refractivity contribution in [3.05, 3.63) is 64.9 Å². The normalized spacial score (nSPS) is 10.3. The fourth-order valence-corrected chi connectivity index (χ4v) is 2.73. The molecule has 3 nitrogen and oxygen atoms in total. The topological polar surface area (TPSA) is 38.3 Å². The maximum atomic E-state index is 12.8. The van der Waals surface area contributed by atoms with E-state index < -0.39 is 0 Å². The lowest BCUT2D eigenvalue weighted by molar-refractivity contribution is -0.118. The lowest BCUT2D eigenvalue weighted by Crippen LogP contribution is -2.29. The number of halogens is 2. The van der Waals surface area contributed by atoms with Gasteiger partial charge in [0.05, 0.1) is 12.3 Å². The molecule has 6 heteroatoms. The first kappa shape index (κ1) is 17.6. The highest BCUT2D eigenvalue weighted by molar-refractivity contribution is 7.99. The molecule has 0 atom stereocenters. The fraction of sp³-hybridized carbons (Fsp3) is 0.235. The molecular weight excluding hydrogens is 337 g/mol. The highest BCUT2D eigenvalue weighted by atomic mass is 35.5. The Kier molecular flexibility index (Phi) is 7.23. The van der Waals surface area contributed by atoms with Crippen molar-refractivity contribution in [3.63, 3.8) is 0 Å². The van der Waals surface area contributed by atoms with Gasteiger partial charge in [-0.2, -0.15) is 0 Å². The molecule has 0 aliphatic heterocycles. The van der Waals surface area contributed by atoms with Crippen LogP contribution < -0.4 is 10.1 Å². The summed E-state index contributed by atoms with van der Waals surface area (Å²) in [5.74, 6) is 1.45. The van der Waals surface area contributed by atoms with Crippen molar-refractivity contribution in [3.8, 4) is 5.75 Å². The maximum absolute atomic E-state index is 12.8. The summed E-state index contributed by atoms with van der Waals surface area (Å²) >= 11 is 7.27. The summed E-state index contributed by atoms with van der Waals surface area (Å²) in [6.07, 6.45) is 0. The first-order valence-electron chi connectivity index (χ1n) is 7.11. The quantitative estimate of drug-likeness (QED) is 0.731. The second kappa shape index (κ2) is 9.43. The Morgan fingerprint density at radius 3 is 2.52 bits per heavy atom. The van der Waals surface area contributed by atoms with Crippen LogP contribution in [0, 0.1) is 5.82 Å². The average molecular weight is 354 g/mol. The minimum Gasteiger partial charge on any atom is -0.492 e. The highest BCUT2D eigenvalue weighted by Gasteiger charge is 2.02. The van der Waals surface area contributed by atoms with Gasteiger partial charge in [0.1, 0.15) is 18.2 Å². The van der Waals surface area contributed by atoms with Gasteiger partial charge in [-0.3, -0.25) is 4.79 Å².